The van der Waals surface area contributed by atoms with Gasteiger partial charge in [0.05, 0.1) is 0 Å². The number of carbonyl (C=O) groups is 1. The Balaban J connectivity index is 1.78. The summed E-state index contributed by atoms with van der Waals surface area (Å²) in [6, 6.07) is 13.2. The van der Waals surface area contributed by atoms with Gasteiger partial charge in [-0.15, -0.1) is 0 Å². The van der Waals surface area contributed by atoms with Crippen LogP contribution in [-0.2, 0) is 0 Å². The van der Waals surface area contributed by atoms with Crippen molar-refractivity contribution in [1.82, 2.24) is 0 Å². The highest BCUT2D eigenvalue weighted by Gasteiger charge is 2.10. The van der Waals surface area contributed by atoms with E-state index in [2.05, 4.69) is 0 Å². The quantitative estimate of drug-likeness (QED) is 0.636. The monoisotopic (exact) mass is 280 g/mol. The van der Waals surface area contributed by atoms with Gasteiger partial charge >= 0.3 is 0 Å². The number of fused-ring (bicyclic) bond motifs is 1. The van der Waals surface area contributed by atoms with Gasteiger partial charge in [0, 0.05) is 5.56 Å². The molecular formula is C18H16O3. The number of ketones is 1. The minimum absolute atomic E-state index is 0.00594. The number of rotatable bonds is 3. The minimum atomic E-state index is -0.00594. The molecule has 0 atom stereocenters. The van der Waals surface area contributed by atoms with Crippen LogP contribution in [0, 0.1) is 6.92 Å². The number of ether oxygens (including phenoxy) is 2. The molecule has 0 saturated carbocycles. The van der Waals surface area contributed by atoms with Gasteiger partial charge in [-0.3, -0.25) is 4.79 Å². The molecule has 0 unspecified atom stereocenters. The molecule has 0 aliphatic carbocycles. The Labute approximate surface area is 123 Å². The van der Waals surface area contributed by atoms with E-state index >= 15 is 0 Å². The van der Waals surface area contributed by atoms with E-state index in [9.17, 15) is 4.79 Å². The highest BCUT2D eigenvalue weighted by Crippen LogP contribution is 2.31. The van der Waals surface area contributed by atoms with E-state index in [0.29, 0.717) is 18.8 Å². The van der Waals surface area contributed by atoms with Crippen molar-refractivity contribution in [3.63, 3.8) is 0 Å². The summed E-state index contributed by atoms with van der Waals surface area (Å²) >= 11 is 0. The smallest absolute Gasteiger partial charge is 0.185 e. The molecule has 3 rings (SSSR count). The molecule has 0 bridgehead atoms. The third kappa shape index (κ3) is 3.14. The van der Waals surface area contributed by atoms with Crippen LogP contribution in [0.2, 0.25) is 0 Å². The van der Waals surface area contributed by atoms with Gasteiger partial charge in [0.1, 0.15) is 13.2 Å². The lowest BCUT2D eigenvalue weighted by Gasteiger charge is -2.18. The maximum Gasteiger partial charge on any atom is 0.185 e. The van der Waals surface area contributed by atoms with Gasteiger partial charge in [0.2, 0.25) is 0 Å². The third-order valence-corrected chi connectivity index (χ3v) is 3.30. The molecule has 2 aromatic rings. The van der Waals surface area contributed by atoms with Gasteiger partial charge in [-0.25, -0.2) is 0 Å². The first-order valence-corrected chi connectivity index (χ1v) is 6.91. The second kappa shape index (κ2) is 5.83. The van der Waals surface area contributed by atoms with Gasteiger partial charge in [0.15, 0.2) is 17.3 Å². The fourth-order valence-electron chi connectivity index (χ4n) is 2.23. The molecule has 2 aromatic carbocycles. The second-order valence-corrected chi connectivity index (χ2v) is 4.97. The molecule has 1 heterocycles. The summed E-state index contributed by atoms with van der Waals surface area (Å²) in [7, 11) is 0. The molecular weight excluding hydrogens is 264 g/mol. The fraction of sp³-hybridized carbons (Fsp3) is 0.167. The standard InChI is InChI=1S/C18H16O3/c1-13-3-2-4-15(11-13)16(19)7-5-14-6-8-17-18(12-14)21-10-9-20-17/h2-8,11-12H,9-10H2,1H3/b7-5+. The summed E-state index contributed by atoms with van der Waals surface area (Å²) in [5, 5.41) is 0. The zero-order valence-corrected chi connectivity index (χ0v) is 11.8. The minimum Gasteiger partial charge on any atom is -0.486 e. The van der Waals surface area contributed by atoms with E-state index in [4.69, 9.17) is 9.47 Å². The topological polar surface area (TPSA) is 35.5 Å². The largest absolute Gasteiger partial charge is 0.486 e. The Kier molecular flexibility index (Phi) is 3.73. The van der Waals surface area contributed by atoms with Crippen LogP contribution in [0.1, 0.15) is 21.5 Å². The molecule has 0 saturated heterocycles. The van der Waals surface area contributed by atoms with Crippen molar-refractivity contribution in [1.29, 1.82) is 0 Å². The van der Waals surface area contributed by atoms with Crippen LogP contribution in [0.15, 0.2) is 48.5 Å². The third-order valence-electron chi connectivity index (χ3n) is 3.30. The Morgan fingerprint density at radius 1 is 1.05 bits per heavy atom. The van der Waals surface area contributed by atoms with Gasteiger partial charge in [-0.05, 0) is 36.8 Å². The Morgan fingerprint density at radius 3 is 2.67 bits per heavy atom. The average molecular weight is 280 g/mol. The van der Waals surface area contributed by atoms with E-state index in [0.717, 1.165) is 22.6 Å². The fourth-order valence-corrected chi connectivity index (χ4v) is 2.23. The Hall–Kier alpha value is -2.55. The zero-order valence-electron chi connectivity index (χ0n) is 11.8. The summed E-state index contributed by atoms with van der Waals surface area (Å²) in [4.78, 5) is 12.1. The lowest BCUT2D eigenvalue weighted by atomic mass is 10.1. The van der Waals surface area contributed by atoms with Crippen molar-refractivity contribution in [3.05, 3.63) is 65.2 Å². The molecule has 3 nitrogen and oxygen atoms in total. The molecule has 0 aromatic heterocycles. The average Bonchev–Trinajstić information content (AvgIpc) is 2.52. The highest BCUT2D eigenvalue weighted by molar-refractivity contribution is 6.06. The van der Waals surface area contributed by atoms with Crippen LogP contribution >= 0.6 is 0 Å². The maximum atomic E-state index is 12.1. The summed E-state index contributed by atoms with van der Waals surface area (Å²) in [5.41, 5.74) is 2.69. The van der Waals surface area contributed by atoms with Crippen LogP contribution in [0.4, 0.5) is 0 Å². The van der Waals surface area contributed by atoms with Gasteiger partial charge in [0.25, 0.3) is 0 Å². The van der Waals surface area contributed by atoms with Crippen LogP contribution < -0.4 is 9.47 Å². The molecule has 0 radical (unpaired) electrons. The van der Waals surface area contributed by atoms with E-state index in [1.165, 1.54) is 0 Å². The van der Waals surface area contributed by atoms with Gasteiger partial charge < -0.3 is 9.47 Å². The molecule has 1 aliphatic rings. The van der Waals surface area contributed by atoms with Crippen LogP contribution in [0.25, 0.3) is 6.08 Å². The Morgan fingerprint density at radius 2 is 1.86 bits per heavy atom. The number of carbonyl (C=O) groups excluding carboxylic acids is 1. The predicted molar refractivity (Wildman–Crippen MR) is 82.0 cm³/mol. The number of benzene rings is 2. The SMILES string of the molecule is Cc1cccc(C(=O)/C=C/c2ccc3c(c2)OCCO3)c1. The van der Waals surface area contributed by atoms with Crippen molar-refractivity contribution in [2.75, 3.05) is 13.2 Å². The molecule has 0 N–H and O–H groups in total. The van der Waals surface area contributed by atoms with Gasteiger partial charge in [-0.2, -0.15) is 0 Å². The van der Waals surface area contributed by atoms with E-state index < -0.39 is 0 Å². The van der Waals surface area contributed by atoms with Crippen molar-refractivity contribution in [2.24, 2.45) is 0 Å². The highest BCUT2D eigenvalue weighted by atomic mass is 16.6. The zero-order chi connectivity index (χ0) is 14.7. The summed E-state index contributed by atoms with van der Waals surface area (Å²) in [6.07, 6.45) is 3.38. The number of aryl methyl sites for hydroxylation is 1. The van der Waals surface area contributed by atoms with Gasteiger partial charge in [-0.1, -0.05) is 35.9 Å². The molecule has 1 aliphatic heterocycles. The van der Waals surface area contributed by atoms with Crippen LogP contribution in [0.3, 0.4) is 0 Å². The lowest BCUT2D eigenvalue weighted by molar-refractivity contribution is 0.104. The van der Waals surface area contributed by atoms with Crippen LogP contribution in [-0.4, -0.2) is 19.0 Å². The van der Waals surface area contributed by atoms with E-state index in [1.54, 1.807) is 12.2 Å². The molecule has 0 amide bonds. The normalized spacial score (nSPS) is 13.4. The second-order valence-electron chi connectivity index (χ2n) is 4.97. The summed E-state index contributed by atoms with van der Waals surface area (Å²) in [6.45, 7) is 3.11. The van der Waals surface area contributed by atoms with E-state index in [1.807, 2.05) is 49.4 Å². The summed E-state index contributed by atoms with van der Waals surface area (Å²) < 4.78 is 11.0. The molecule has 0 fully saturated rings. The first kappa shape index (κ1) is 13.4. The Bertz CT molecular complexity index is 701. The number of hydrogen-bond acceptors (Lipinski definition) is 3. The predicted octanol–water partition coefficient (Wildman–Crippen LogP) is 3.66. The number of hydrogen-bond donors (Lipinski definition) is 0. The van der Waals surface area contributed by atoms with Crippen molar-refractivity contribution >= 4 is 11.9 Å². The summed E-state index contributed by atoms with van der Waals surface area (Å²) in [5.74, 6) is 1.48. The molecule has 3 heteroatoms. The van der Waals surface area contributed by atoms with Crippen molar-refractivity contribution in [2.45, 2.75) is 6.92 Å². The molecule has 106 valence electrons. The lowest BCUT2D eigenvalue weighted by Crippen LogP contribution is -2.15. The first-order valence-electron chi connectivity index (χ1n) is 6.91. The number of allylic oxidation sites excluding steroid dienone is 1. The maximum absolute atomic E-state index is 12.1. The van der Waals surface area contributed by atoms with Crippen molar-refractivity contribution < 1.29 is 14.3 Å². The first-order chi connectivity index (χ1) is 10.2. The van der Waals surface area contributed by atoms with Crippen LogP contribution in [0.5, 0.6) is 11.5 Å². The molecule has 0 spiro atoms. The van der Waals surface area contributed by atoms with E-state index in [-0.39, 0.29) is 5.78 Å². The molecule has 21 heavy (non-hydrogen) atoms. The van der Waals surface area contributed by atoms with Crippen molar-refractivity contribution in [3.8, 4) is 11.5 Å².